The smallest absolute Gasteiger partial charge is 0.141 e. The molecule has 0 spiro atoms. The number of aryl methyl sites for hydroxylation is 2. The van der Waals surface area contributed by atoms with Gasteiger partial charge in [0.05, 0.1) is 5.39 Å². The Morgan fingerprint density at radius 3 is 2.59 bits per heavy atom. The second kappa shape index (κ2) is 7.56. The van der Waals surface area contributed by atoms with Crippen LogP contribution in [0.3, 0.4) is 0 Å². The van der Waals surface area contributed by atoms with Gasteiger partial charge in [-0.2, -0.15) is 0 Å². The molecule has 3 heterocycles. The number of benzene rings is 1. The molecule has 1 fully saturated rings. The van der Waals surface area contributed by atoms with Crippen molar-refractivity contribution in [1.29, 1.82) is 0 Å². The minimum atomic E-state index is 1.06. The van der Waals surface area contributed by atoms with Crippen molar-refractivity contribution in [2.45, 2.75) is 32.1 Å². The van der Waals surface area contributed by atoms with Crippen LogP contribution in [0, 0.1) is 0 Å². The maximum atomic E-state index is 4.73. The van der Waals surface area contributed by atoms with Gasteiger partial charge in [-0.25, -0.2) is 9.97 Å². The van der Waals surface area contributed by atoms with Gasteiger partial charge in [0.15, 0.2) is 0 Å². The molecule has 0 amide bonds. The highest BCUT2D eigenvalue weighted by Gasteiger charge is 2.24. The fourth-order valence-electron chi connectivity index (χ4n) is 4.43. The molecule has 1 aromatic carbocycles. The van der Waals surface area contributed by atoms with Gasteiger partial charge in [0.25, 0.3) is 0 Å². The molecule has 4 nitrogen and oxygen atoms in total. The van der Waals surface area contributed by atoms with Crippen molar-refractivity contribution in [3.63, 3.8) is 0 Å². The summed E-state index contributed by atoms with van der Waals surface area (Å²) < 4.78 is 0. The molecule has 0 radical (unpaired) electrons. The summed E-state index contributed by atoms with van der Waals surface area (Å²) in [5.41, 5.74) is 2.98. The normalized spacial score (nSPS) is 18.0. The third kappa shape index (κ3) is 3.46. The lowest BCUT2D eigenvalue weighted by molar-refractivity contribution is 0.260. The van der Waals surface area contributed by atoms with Gasteiger partial charge < -0.3 is 4.90 Å². The maximum Gasteiger partial charge on any atom is 0.141 e. The van der Waals surface area contributed by atoms with E-state index in [9.17, 15) is 0 Å². The highest BCUT2D eigenvalue weighted by atomic mass is 32.1. The number of fused-ring (bicyclic) bond motifs is 3. The number of aromatic nitrogens is 2. The van der Waals surface area contributed by atoms with E-state index in [-0.39, 0.29) is 0 Å². The van der Waals surface area contributed by atoms with E-state index >= 15 is 0 Å². The minimum absolute atomic E-state index is 1.06. The van der Waals surface area contributed by atoms with Crippen LogP contribution in [-0.4, -0.2) is 47.6 Å². The number of anilines is 1. The van der Waals surface area contributed by atoms with Crippen molar-refractivity contribution in [3.8, 4) is 0 Å². The van der Waals surface area contributed by atoms with Crippen LogP contribution < -0.4 is 4.90 Å². The molecule has 0 atom stereocenters. The predicted octanol–water partition coefficient (Wildman–Crippen LogP) is 3.93. The average Bonchev–Trinajstić information content (AvgIpc) is 3.12. The molecule has 5 heteroatoms. The Morgan fingerprint density at radius 1 is 0.926 bits per heavy atom. The molecule has 140 valence electrons. The standard InChI is InChI=1S/C22H26N4S/c1-2-6-17(7-3-1)10-11-25-12-14-26(15-13-25)21-20-18-8-4-5-9-19(18)27-22(20)24-16-23-21/h1-3,6-7,16H,4-5,8-15H2. The van der Waals surface area contributed by atoms with Crippen LogP contribution in [0.1, 0.15) is 28.8 Å². The summed E-state index contributed by atoms with van der Waals surface area (Å²) in [5.74, 6) is 1.18. The first-order valence-corrected chi connectivity index (χ1v) is 11.0. The van der Waals surface area contributed by atoms with Gasteiger partial charge in [0, 0.05) is 37.6 Å². The lowest BCUT2D eigenvalue weighted by Gasteiger charge is -2.35. The van der Waals surface area contributed by atoms with Crippen LogP contribution >= 0.6 is 11.3 Å². The Hall–Kier alpha value is -1.98. The van der Waals surface area contributed by atoms with Crippen LogP contribution in [0.25, 0.3) is 10.2 Å². The SMILES string of the molecule is c1ccc(CCN2CCN(c3ncnc4sc5c(c34)CCCC5)CC2)cc1. The quantitative estimate of drug-likeness (QED) is 0.688. The van der Waals surface area contributed by atoms with Crippen molar-refractivity contribution >= 4 is 27.4 Å². The molecule has 1 saturated heterocycles. The summed E-state index contributed by atoms with van der Waals surface area (Å²) in [4.78, 5) is 17.1. The molecular formula is C22H26N4S. The predicted molar refractivity (Wildman–Crippen MR) is 113 cm³/mol. The van der Waals surface area contributed by atoms with E-state index in [1.54, 1.807) is 16.8 Å². The topological polar surface area (TPSA) is 32.3 Å². The van der Waals surface area contributed by atoms with E-state index in [0.717, 1.165) is 39.1 Å². The van der Waals surface area contributed by atoms with Crippen LogP contribution in [0.15, 0.2) is 36.7 Å². The maximum absolute atomic E-state index is 4.73. The van der Waals surface area contributed by atoms with Crippen LogP contribution in [-0.2, 0) is 19.3 Å². The molecule has 0 unspecified atom stereocenters. The lowest BCUT2D eigenvalue weighted by atomic mass is 9.97. The van der Waals surface area contributed by atoms with Crippen LogP contribution in [0.5, 0.6) is 0 Å². The third-order valence-electron chi connectivity index (χ3n) is 5.96. The summed E-state index contributed by atoms with van der Waals surface area (Å²) >= 11 is 1.90. The molecule has 1 aliphatic heterocycles. The van der Waals surface area contributed by atoms with Gasteiger partial charge in [-0.3, -0.25) is 4.90 Å². The second-order valence-corrected chi connectivity index (χ2v) is 8.74. The fraction of sp³-hybridized carbons (Fsp3) is 0.455. The Balaban J connectivity index is 1.29. The van der Waals surface area contributed by atoms with E-state index in [2.05, 4.69) is 45.1 Å². The number of hydrogen-bond acceptors (Lipinski definition) is 5. The number of hydrogen-bond donors (Lipinski definition) is 0. The highest BCUT2D eigenvalue weighted by Crippen LogP contribution is 2.39. The lowest BCUT2D eigenvalue weighted by Crippen LogP contribution is -2.47. The van der Waals surface area contributed by atoms with Crippen LogP contribution in [0.4, 0.5) is 5.82 Å². The molecular weight excluding hydrogens is 352 g/mol. The molecule has 5 rings (SSSR count). The summed E-state index contributed by atoms with van der Waals surface area (Å²) in [6, 6.07) is 10.8. The number of rotatable bonds is 4. The average molecular weight is 379 g/mol. The molecule has 1 aliphatic carbocycles. The Bertz CT molecular complexity index is 913. The minimum Gasteiger partial charge on any atom is -0.353 e. The van der Waals surface area contributed by atoms with Crippen molar-refractivity contribution < 1.29 is 0 Å². The van der Waals surface area contributed by atoms with Gasteiger partial charge in [-0.1, -0.05) is 30.3 Å². The molecule has 0 bridgehead atoms. The van der Waals surface area contributed by atoms with E-state index in [4.69, 9.17) is 4.98 Å². The third-order valence-corrected chi connectivity index (χ3v) is 7.16. The molecule has 27 heavy (non-hydrogen) atoms. The Kier molecular flexibility index (Phi) is 4.80. The van der Waals surface area contributed by atoms with E-state index in [1.165, 1.54) is 47.3 Å². The Morgan fingerprint density at radius 2 is 1.74 bits per heavy atom. The number of thiophene rings is 1. The molecule has 0 saturated carbocycles. The van der Waals surface area contributed by atoms with Gasteiger partial charge in [0.2, 0.25) is 0 Å². The Labute approximate surface area is 164 Å². The van der Waals surface area contributed by atoms with Crippen molar-refractivity contribution in [1.82, 2.24) is 14.9 Å². The molecule has 2 aromatic heterocycles. The summed E-state index contributed by atoms with van der Waals surface area (Å²) in [7, 11) is 0. The first-order chi connectivity index (χ1) is 13.4. The van der Waals surface area contributed by atoms with Crippen molar-refractivity contribution in [3.05, 3.63) is 52.7 Å². The summed E-state index contributed by atoms with van der Waals surface area (Å²) in [6.45, 7) is 5.50. The first-order valence-electron chi connectivity index (χ1n) is 10.1. The highest BCUT2D eigenvalue weighted by molar-refractivity contribution is 7.19. The van der Waals surface area contributed by atoms with Gasteiger partial charge in [-0.05, 0) is 43.2 Å². The van der Waals surface area contributed by atoms with Crippen molar-refractivity contribution in [2.75, 3.05) is 37.6 Å². The largest absolute Gasteiger partial charge is 0.353 e. The van der Waals surface area contributed by atoms with Crippen LogP contribution in [0.2, 0.25) is 0 Å². The van der Waals surface area contributed by atoms with Gasteiger partial charge in [0.1, 0.15) is 17.0 Å². The zero-order valence-corrected chi connectivity index (χ0v) is 16.5. The summed E-state index contributed by atoms with van der Waals surface area (Å²) in [6.07, 6.45) is 7.96. The fourth-order valence-corrected chi connectivity index (χ4v) is 5.65. The summed E-state index contributed by atoms with van der Waals surface area (Å²) in [5, 5.41) is 1.36. The van der Waals surface area contributed by atoms with Gasteiger partial charge in [-0.15, -0.1) is 11.3 Å². The molecule has 0 N–H and O–H groups in total. The molecule has 2 aliphatic rings. The molecule has 3 aromatic rings. The van der Waals surface area contributed by atoms with E-state index in [0.29, 0.717) is 0 Å². The van der Waals surface area contributed by atoms with Gasteiger partial charge >= 0.3 is 0 Å². The zero-order chi connectivity index (χ0) is 18.1. The van der Waals surface area contributed by atoms with E-state index in [1.807, 2.05) is 11.3 Å². The second-order valence-electron chi connectivity index (χ2n) is 7.65. The van der Waals surface area contributed by atoms with Crippen molar-refractivity contribution in [2.24, 2.45) is 0 Å². The first kappa shape index (κ1) is 17.1. The zero-order valence-electron chi connectivity index (χ0n) is 15.7. The monoisotopic (exact) mass is 378 g/mol. The number of nitrogens with zero attached hydrogens (tertiary/aromatic N) is 4. The number of piperazine rings is 1. The van der Waals surface area contributed by atoms with E-state index < -0.39 is 0 Å².